The van der Waals surface area contributed by atoms with Gasteiger partial charge in [0.25, 0.3) is 0 Å². The van der Waals surface area contributed by atoms with Crippen LogP contribution in [0.3, 0.4) is 0 Å². The van der Waals surface area contributed by atoms with E-state index in [4.69, 9.17) is 14.1 Å². The number of aromatic nitrogens is 2. The van der Waals surface area contributed by atoms with Crippen LogP contribution >= 0.6 is 0 Å². The van der Waals surface area contributed by atoms with E-state index in [0.717, 1.165) is 28.2 Å². The summed E-state index contributed by atoms with van der Waals surface area (Å²) in [7, 11) is -1.93. The zero-order valence-electron chi connectivity index (χ0n) is 21.6. The van der Waals surface area contributed by atoms with Gasteiger partial charge in [0.1, 0.15) is 12.4 Å². The molecule has 176 valence electrons. The molecule has 4 nitrogen and oxygen atoms in total. The van der Waals surface area contributed by atoms with Crippen molar-refractivity contribution >= 4 is 26.0 Å². The average molecular weight is 455 g/mol. The second-order valence-corrected chi connectivity index (χ2v) is 15.3. The number of imidazole rings is 1. The maximum Gasteiger partial charge on any atom is 0.192 e. The Morgan fingerprint density at radius 1 is 1.12 bits per heavy atom. The Hall–Kier alpha value is -1.95. The Labute approximate surface area is 196 Å². The SMILES string of the molecule is C=Cc1ccccc1/C=C(\C)c1cnc(COCC)n1CC(C)(C)O[Si](C)(C)C(C)(C)C. The van der Waals surface area contributed by atoms with Crippen molar-refractivity contribution in [2.24, 2.45) is 0 Å². The van der Waals surface area contributed by atoms with Gasteiger partial charge in [-0.3, -0.25) is 0 Å². The molecule has 2 aromatic rings. The molecule has 0 atom stereocenters. The maximum absolute atomic E-state index is 6.83. The Bertz CT molecular complexity index is 949. The van der Waals surface area contributed by atoms with E-state index in [9.17, 15) is 0 Å². The quantitative estimate of drug-likeness (QED) is 0.350. The monoisotopic (exact) mass is 454 g/mol. The van der Waals surface area contributed by atoms with Gasteiger partial charge in [0.2, 0.25) is 0 Å². The summed E-state index contributed by atoms with van der Waals surface area (Å²) < 4.78 is 14.8. The summed E-state index contributed by atoms with van der Waals surface area (Å²) in [6, 6.07) is 8.29. The lowest BCUT2D eigenvalue weighted by molar-refractivity contribution is 0.0673. The zero-order chi connectivity index (χ0) is 24.2. The Morgan fingerprint density at radius 2 is 1.75 bits per heavy atom. The second kappa shape index (κ2) is 10.3. The Morgan fingerprint density at radius 3 is 2.31 bits per heavy atom. The summed E-state index contributed by atoms with van der Waals surface area (Å²) in [5, 5.41) is 0.153. The van der Waals surface area contributed by atoms with Gasteiger partial charge in [0, 0.05) is 6.61 Å². The zero-order valence-corrected chi connectivity index (χ0v) is 22.6. The fourth-order valence-corrected chi connectivity index (χ4v) is 5.36. The van der Waals surface area contributed by atoms with E-state index < -0.39 is 8.32 Å². The number of hydrogen-bond acceptors (Lipinski definition) is 3. The average Bonchev–Trinajstić information content (AvgIpc) is 3.06. The summed E-state index contributed by atoms with van der Waals surface area (Å²) in [4.78, 5) is 4.72. The third-order valence-electron chi connectivity index (χ3n) is 6.24. The van der Waals surface area contributed by atoms with Crippen molar-refractivity contribution in [3.05, 3.63) is 59.7 Å². The van der Waals surface area contributed by atoms with Gasteiger partial charge in [0.15, 0.2) is 8.32 Å². The number of ether oxygens (including phenoxy) is 1. The van der Waals surface area contributed by atoms with E-state index in [1.165, 1.54) is 0 Å². The van der Waals surface area contributed by atoms with Crippen LogP contribution in [0, 0.1) is 0 Å². The molecule has 1 aromatic heterocycles. The van der Waals surface area contributed by atoms with Crippen LogP contribution in [0.1, 0.15) is 71.1 Å². The van der Waals surface area contributed by atoms with E-state index in [-0.39, 0.29) is 10.6 Å². The minimum Gasteiger partial charge on any atom is -0.410 e. The van der Waals surface area contributed by atoms with Gasteiger partial charge in [-0.1, -0.05) is 57.7 Å². The minimum atomic E-state index is -1.93. The highest BCUT2D eigenvalue weighted by molar-refractivity contribution is 6.74. The normalized spacial score (nSPS) is 13.5. The molecule has 5 heteroatoms. The molecule has 0 fully saturated rings. The number of hydrogen-bond donors (Lipinski definition) is 0. The summed E-state index contributed by atoms with van der Waals surface area (Å²) in [6.45, 7) is 25.8. The Kier molecular flexibility index (Phi) is 8.48. The largest absolute Gasteiger partial charge is 0.410 e. The Balaban J connectivity index is 2.45. The van der Waals surface area contributed by atoms with E-state index in [1.807, 2.05) is 25.3 Å². The molecule has 0 saturated heterocycles. The molecule has 1 aromatic carbocycles. The predicted molar refractivity (Wildman–Crippen MR) is 140 cm³/mol. The van der Waals surface area contributed by atoms with Crippen LogP contribution < -0.4 is 0 Å². The molecule has 32 heavy (non-hydrogen) atoms. The molecule has 0 radical (unpaired) electrons. The molecule has 0 aliphatic carbocycles. The van der Waals surface area contributed by atoms with Crippen molar-refractivity contribution < 1.29 is 9.16 Å². The van der Waals surface area contributed by atoms with E-state index >= 15 is 0 Å². The van der Waals surface area contributed by atoms with E-state index in [0.29, 0.717) is 19.8 Å². The smallest absolute Gasteiger partial charge is 0.192 e. The van der Waals surface area contributed by atoms with Crippen molar-refractivity contribution in [2.75, 3.05) is 6.61 Å². The van der Waals surface area contributed by atoms with Crippen molar-refractivity contribution in [3.63, 3.8) is 0 Å². The van der Waals surface area contributed by atoms with Crippen LogP contribution in [0.5, 0.6) is 0 Å². The minimum absolute atomic E-state index is 0.153. The van der Waals surface area contributed by atoms with Gasteiger partial charge in [-0.15, -0.1) is 0 Å². The fraction of sp³-hybridized carbons (Fsp3) is 0.519. The van der Waals surface area contributed by atoms with Gasteiger partial charge < -0.3 is 13.7 Å². The summed E-state index contributed by atoms with van der Waals surface area (Å²) >= 11 is 0. The van der Waals surface area contributed by atoms with Crippen LogP contribution in [0.25, 0.3) is 17.7 Å². The highest BCUT2D eigenvalue weighted by Gasteiger charge is 2.41. The van der Waals surface area contributed by atoms with Gasteiger partial charge in [0.05, 0.1) is 24.0 Å². The standard InChI is InChI=1S/C27H42N2O2Si/c1-11-22-15-13-14-16-23(22)17-21(3)24-18-28-25(19-30-12-2)29(24)20-27(7,8)31-32(9,10)26(4,5)6/h11,13-18H,1,12,19-20H2,2-10H3/b21-17+. The van der Waals surface area contributed by atoms with Crippen molar-refractivity contribution in [2.45, 2.75) is 85.4 Å². The number of rotatable bonds is 10. The first-order valence-electron chi connectivity index (χ1n) is 11.5. The summed E-state index contributed by atoms with van der Waals surface area (Å²) in [5.41, 5.74) is 4.17. The molecule has 1 heterocycles. The topological polar surface area (TPSA) is 36.3 Å². The first kappa shape index (κ1) is 26.3. The lowest BCUT2D eigenvalue weighted by Crippen LogP contribution is -2.49. The van der Waals surface area contributed by atoms with E-state index in [1.54, 1.807) is 0 Å². The molecule has 0 unspecified atom stereocenters. The lowest BCUT2D eigenvalue weighted by Gasteiger charge is -2.43. The predicted octanol–water partition coefficient (Wildman–Crippen LogP) is 7.42. The highest BCUT2D eigenvalue weighted by atomic mass is 28.4. The van der Waals surface area contributed by atoms with Crippen LogP contribution in [0.15, 0.2) is 37.0 Å². The van der Waals surface area contributed by atoms with Gasteiger partial charge >= 0.3 is 0 Å². The maximum atomic E-state index is 6.83. The van der Waals surface area contributed by atoms with Crippen molar-refractivity contribution in [1.82, 2.24) is 9.55 Å². The van der Waals surface area contributed by atoms with Crippen LogP contribution in [-0.2, 0) is 22.3 Å². The van der Waals surface area contributed by atoms with Crippen LogP contribution in [0.4, 0.5) is 0 Å². The first-order chi connectivity index (χ1) is 14.8. The molecule has 0 spiro atoms. The summed E-state index contributed by atoms with van der Waals surface area (Å²) in [5.74, 6) is 0.929. The van der Waals surface area contributed by atoms with Crippen LogP contribution in [-0.4, -0.2) is 30.1 Å². The van der Waals surface area contributed by atoms with E-state index in [2.05, 4.69) is 90.1 Å². The van der Waals surface area contributed by atoms with Crippen molar-refractivity contribution in [3.8, 4) is 0 Å². The lowest BCUT2D eigenvalue weighted by atomic mass is 10.0. The molecule has 2 rings (SSSR count). The van der Waals surface area contributed by atoms with Gasteiger partial charge in [-0.25, -0.2) is 4.98 Å². The molecule has 0 saturated carbocycles. The number of allylic oxidation sites excluding steroid dienone is 1. The molecule has 0 aliphatic rings. The third kappa shape index (κ3) is 6.53. The second-order valence-electron chi connectivity index (χ2n) is 10.6. The fourth-order valence-electron chi connectivity index (χ4n) is 3.61. The van der Waals surface area contributed by atoms with Gasteiger partial charge in [-0.05, 0) is 68.6 Å². The first-order valence-corrected chi connectivity index (χ1v) is 14.4. The molecule has 0 amide bonds. The molecular formula is C27H42N2O2Si. The molecule has 0 bridgehead atoms. The van der Waals surface area contributed by atoms with Gasteiger partial charge in [-0.2, -0.15) is 0 Å². The number of benzene rings is 1. The van der Waals surface area contributed by atoms with Crippen LogP contribution in [0.2, 0.25) is 18.1 Å². The third-order valence-corrected chi connectivity index (χ3v) is 10.9. The molecule has 0 aliphatic heterocycles. The molecular weight excluding hydrogens is 412 g/mol. The van der Waals surface area contributed by atoms with Crippen molar-refractivity contribution in [1.29, 1.82) is 0 Å². The summed E-state index contributed by atoms with van der Waals surface area (Å²) in [6.07, 6.45) is 6.06. The molecule has 0 N–H and O–H groups in total. The number of nitrogens with zero attached hydrogens (tertiary/aromatic N) is 2. The highest BCUT2D eigenvalue weighted by Crippen LogP contribution is 2.39.